The van der Waals surface area contributed by atoms with Gasteiger partial charge in [-0.1, -0.05) is 13.8 Å². The number of ether oxygens (including phenoxy) is 1. The van der Waals surface area contributed by atoms with Gasteiger partial charge in [0, 0.05) is 23.2 Å². The highest BCUT2D eigenvalue weighted by molar-refractivity contribution is 7.85. The fourth-order valence-electron chi connectivity index (χ4n) is 3.84. The van der Waals surface area contributed by atoms with Crippen molar-refractivity contribution in [2.45, 2.75) is 64.2 Å². The average molecular weight is 272 g/mol. The summed E-state index contributed by atoms with van der Waals surface area (Å²) in [6, 6.07) is 0. The summed E-state index contributed by atoms with van der Waals surface area (Å²) in [6.07, 6.45) is 6.43. The second-order valence-electron chi connectivity index (χ2n) is 6.56. The maximum atomic E-state index is 12.3. The SMILES string of the molecule is C[C@@H]1CC(CC[S@](=O)[C@H]2CCO[C@@H]2C)C[C@H](C)C1. The fourth-order valence-corrected chi connectivity index (χ4v) is 5.57. The summed E-state index contributed by atoms with van der Waals surface area (Å²) in [5, 5.41) is 0.295. The fraction of sp³-hybridized carbons (Fsp3) is 1.00. The molecule has 2 rings (SSSR count). The van der Waals surface area contributed by atoms with Crippen LogP contribution in [0.1, 0.15) is 52.9 Å². The molecule has 18 heavy (non-hydrogen) atoms. The molecule has 0 N–H and O–H groups in total. The first-order chi connectivity index (χ1) is 8.56. The lowest BCUT2D eigenvalue weighted by Crippen LogP contribution is -2.27. The Morgan fingerprint density at radius 1 is 1.11 bits per heavy atom. The lowest BCUT2D eigenvalue weighted by atomic mass is 9.76. The van der Waals surface area contributed by atoms with E-state index in [0.717, 1.165) is 43.0 Å². The first-order valence-corrected chi connectivity index (χ1v) is 8.93. The zero-order valence-corrected chi connectivity index (χ0v) is 12.9. The van der Waals surface area contributed by atoms with Crippen molar-refractivity contribution in [3.05, 3.63) is 0 Å². The van der Waals surface area contributed by atoms with Gasteiger partial charge in [-0.15, -0.1) is 0 Å². The van der Waals surface area contributed by atoms with Crippen LogP contribution in [-0.2, 0) is 15.5 Å². The van der Waals surface area contributed by atoms with Crippen molar-refractivity contribution in [3.8, 4) is 0 Å². The van der Waals surface area contributed by atoms with Crippen molar-refractivity contribution >= 4 is 10.8 Å². The molecular weight excluding hydrogens is 244 g/mol. The highest BCUT2D eigenvalue weighted by Crippen LogP contribution is 2.35. The Kier molecular flexibility index (Phi) is 5.25. The van der Waals surface area contributed by atoms with Crippen LogP contribution in [0.4, 0.5) is 0 Å². The maximum Gasteiger partial charge on any atom is 0.0691 e. The van der Waals surface area contributed by atoms with Gasteiger partial charge in [-0.3, -0.25) is 4.21 Å². The minimum atomic E-state index is -0.675. The van der Waals surface area contributed by atoms with Gasteiger partial charge in [0.2, 0.25) is 0 Å². The topological polar surface area (TPSA) is 26.3 Å². The van der Waals surface area contributed by atoms with Crippen LogP contribution in [0.5, 0.6) is 0 Å². The van der Waals surface area contributed by atoms with Gasteiger partial charge in [-0.25, -0.2) is 0 Å². The summed E-state index contributed by atoms with van der Waals surface area (Å²) < 4.78 is 17.8. The molecule has 0 aromatic carbocycles. The summed E-state index contributed by atoms with van der Waals surface area (Å²) in [5.74, 6) is 3.43. The van der Waals surface area contributed by atoms with Gasteiger partial charge in [0.25, 0.3) is 0 Å². The molecule has 0 amide bonds. The van der Waals surface area contributed by atoms with Crippen LogP contribution in [0.3, 0.4) is 0 Å². The predicted molar refractivity (Wildman–Crippen MR) is 77.1 cm³/mol. The van der Waals surface area contributed by atoms with Gasteiger partial charge in [0.1, 0.15) is 0 Å². The van der Waals surface area contributed by atoms with E-state index in [1.807, 2.05) is 0 Å². The number of rotatable bonds is 4. The third-order valence-corrected chi connectivity index (χ3v) is 6.58. The van der Waals surface area contributed by atoms with E-state index in [1.165, 1.54) is 19.3 Å². The molecule has 3 heteroatoms. The van der Waals surface area contributed by atoms with Crippen LogP contribution in [0.15, 0.2) is 0 Å². The molecule has 6 atom stereocenters. The van der Waals surface area contributed by atoms with Crippen molar-refractivity contribution in [2.24, 2.45) is 17.8 Å². The Hall–Kier alpha value is 0.110. The van der Waals surface area contributed by atoms with E-state index in [0.29, 0.717) is 5.25 Å². The molecule has 1 aliphatic carbocycles. The molecule has 2 aliphatic rings. The van der Waals surface area contributed by atoms with E-state index in [1.54, 1.807) is 0 Å². The van der Waals surface area contributed by atoms with Crippen molar-refractivity contribution in [2.75, 3.05) is 12.4 Å². The summed E-state index contributed by atoms with van der Waals surface area (Å²) in [5.41, 5.74) is 0. The zero-order chi connectivity index (χ0) is 13.1. The van der Waals surface area contributed by atoms with Crippen molar-refractivity contribution in [3.63, 3.8) is 0 Å². The van der Waals surface area contributed by atoms with Crippen LogP contribution < -0.4 is 0 Å². The van der Waals surface area contributed by atoms with E-state index < -0.39 is 10.8 Å². The van der Waals surface area contributed by atoms with E-state index in [4.69, 9.17) is 4.74 Å². The Morgan fingerprint density at radius 3 is 2.33 bits per heavy atom. The van der Waals surface area contributed by atoms with E-state index >= 15 is 0 Å². The monoisotopic (exact) mass is 272 g/mol. The third-order valence-electron chi connectivity index (χ3n) is 4.65. The highest BCUT2D eigenvalue weighted by Gasteiger charge is 2.30. The first-order valence-electron chi connectivity index (χ1n) is 7.55. The Bertz CT molecular complexity index is 282. The lowest BCUT2D eigenvalue weighted by Gasteiger charge is -2.31. The highest BCUT2D eigenvalue weighted by atomic mass is 32.2. The molecule has 0 aromatic heterocycles. The second-order valence-corrected chi connectivity index (χ2v) is 8.34. The summed E-state index contributed by atoms with van der Waals surface area (Å²) in [7, 11) is -0.675. The normalized spacial score (nSPS) is 42.9. The van der Waals surface area contributed by atoms with Crippen LogP contribution >= 0.6 is 0 Å². The standard InChI is InChI=1S/C15H28O2S/c1-11-8-12(2)10-14(9-11)5-7-18(16)15-4-6-17-13(15)3/h11-15H,4-10H2,1-3H3/t11-,12+,13-,14?,15+,18+/m1/s1. The molecule has 0 aromatic rings. The van der Waals surface area contributed by atoms with E-state index in [2.05, 4.69) is 20.8 Å². The molecule has 1 aliphatic heterocycles. The molecule has 106 valence electrons. The third kappa shape index (κ3) is 3.80. The maximum absolute atomic E-state index is 12.3. The minimum absolute atomic E-state index is 0.204. The van der Waals surface area contributed by atoms with Gasteiger partial charge in [-0.2, -0.15) is 0 Å². The van der Waals surface area contributed by atoms with Crippen LogP contribution in [0.25, 0.3) is 0 Å². The Balaban J connectivity index is 1.75. The van der Waals surface area contributed by atoms with Crippen molar-refractivity contribution < 1.29 is 8.95 Å². The summed E-state index contributed by atoms with van der Waals surface area (Å²) in [6.45, 7) is 7.61. The van der Waals surface area contributed by atoms with Gasteiger partial charge in [0.05, 0.1) is 11.4 Å². The van der Waals surface area contributed by atoms with Crippen molar-refractivity contribution in [1.29, 1.82) is 0 Å². The summed E-state index contributed by atoms with van der Waals surface area (Å²) >= 11 is 0. The smallest absolute Gasteiger partial charge is 0.0691 e. The van der Waals surface area contributed by atoms with Crippen LogP contribution in [0, 0.1) is 17.8 Å². The molecule has 1 saturated carbocycles. The van der Waals surface area contributed by atoms with Gasteiger partial charge in [0.15, 0.2) is 0 Å². The molecule has 1 unspecified atom stereocenters. The predicted octanol–water partition coefficient (Wildman–Crippen LogP) is 3.37. The number of hydrogen-bond donors (Lipinski definition) is 0. The Morgan fingerprint density at radius 2 is 1.78 bits per heavy atom. The molecule has 2 fully saturated rings. The molecule has 1 heterocycles. The molecule has 2 nitrogen and oxygen atoms in total. The van der Waals surface area contributed by atoms with Gasteiger partial charge in [-0.05, 0) is 56.8 Å². The number of hydrogen-bond acceptors (Lipinski definition) is 2. The Labute approximate surface area is 114 Å². The first kappa shape index (κ1) is 14.5. The van der Waals surface area contributed by atoms with Crippen molar-refractivity contribution in [1.82, 2.24) is 0 Å². The van der Waals surface area contributed by atoms with Crippen LogP contribution in [0.2, 0.25) is 0 Å². The largest absolute Gasteiger partial charge is 0.377 e. The molecule has 1 saturated heterocycles. The molecular formula is C15H28O2S. The van der Waals surface area contributed by atoms with Gasteiger partial charge >= 0.3 is 0 Å². The minimum Gasteiger partial charge on any atom is -0.377 e. The molecule has 0 bridgehead atoms. The lowest BCUT2D eigenvalue weighted by molar-refractivity contribution is 0.127. The second kappa shape index (κ2) is 6.51. The quantitative estimate of drug-likeness (QED) is 0.784. The zero-order valence-electron chi connectivity index (χ0n) is 12.1. The van der Waals surface area contributed by atoms with E-state index in [-0.39, 0.29) is 6.10 Å². The summed E-state index contributed by atoms with van der Waals surface area (Å²) in [4.78, 5) is 0. The van der Waals surface area contributed by atoms with Gasteiger partial charge < -0.3 is 4.74 Å². The van der Waals surface area contributed by atoms with Crippen LogP contribution in [-0.4, -0.2) is 27.9 Å². The van der Waals surface area contributed by atoms with E-state index in [9.17, 15) is 4.21 Å². The molecule has 0 spiro atoms. The average Bonchev–Trinajstić information content (AvgIpc) is 2.71. The molecule has 0 radical (unpaired) electrons.